The zero-order valence-electron chi connectivity index (χ0n) is 15.2. The van der Waals surface area contributed by atoms with E-state index in [0.717, 1.165) is 12.8 Å². The molecule has 1 saturated heterocycles. The van der Waals surface area contributed by atoms with Crippen molar-refractivity contribution in [3.05, 3.63) is 53.1 Å². The largest absolute Gasteiger partial charge is 0.326 e. The Morgan fingerprint density at radius 1 is 1.00 bits per heavy atom. The summed E-state index contributed by atoms with van der Waals surface area (Å²) in [5.41, 5.74) is 1.21. The van der Waals surface area contributed by atoms with Crippen molar-refractivity contribution in [2.75, 3.05) is 23.7 Å². The molecule has 0 saturated carbocycles. The summed E-state index contributed by atoms with van der Waals surface area (Å²) in [5, 5.41) is 5.55. The molecule has 3 rings (SSSR count). The number of amides is 2. The number of hydrogen-bond acceptors (Lipinski definition) is 4. The Kier molecular flexibility index (Phi) is 6.02. The van der Waals surface area contributed by atoms with Gasteiger partial charge in [0.05, 0.1) is 15.6 Å². The topological polar surface area (TPSA) is 95.6 Å². The molecule has 2 aromatic rings. The lowest BCUT2D eigenvalue weighted by atomic mass is 10.2. The number of carbonyl (C=O) groups excluding carboxylic acids is 2. The number of carbonyl (C=O) groups is 2. The third-order valence-electron chi connectivity index (χ3n) is 4.36. The minimum atomic E-state index is -3.52. The number of anilines is 2. The minimum Gasteiger partial charge on any atom is -0.326 e. The summed E-state index contributed by atoms with van der Waals surface area (Å²) in [6.07, 6.45) is 1.72. The van der Waals surface area contributed by atoms with Gasteiger partial charge in [0.25, 0.3) is 5.91 Å². The van der Waals surface area contributed by atoms with Crippen LogP contribution in [0.15, 0.2) is 47.4 Å². The molecule has 2 amide bonds. The fraction of sp³-hybridized carbons (Fsp3) is 0.263. The highest BCUT2D eigenvalue weighted by Gasteiger charge is 2.27. The highest BCUT2D eigenvalue weighted by Crippen LogP contribution is 2.26. The first-order valence-corrected chi connectivity index (χ1v) is 10.6. The van der Waals surface area contributed by atoms with E-state index in [0.29, 0.717) is 30.0 Å². The Hall–Kier alpha value is -2.42. The molecule has 1 fully saturated rings. The Balaban J connectivity index is 1.72. The normalized spacial score (nSPS) is 14.6. The van der Waals surface area contributed by atoms with E-state index < -0.39 is 15.9 Å². The van der Waals surface area contributed by atoms with Gasteiger partial charge in [-0.25, -0.2) is 8.42 Å². The van der Waals surface area contributed by atoms with Gasteiger partial charge in [0, 0.05) is 31.3 Å². The number of halogens is 1. The van der Waals surface area contributed by atoms with E-state index in [1.165, 1.54) is 41.6 Å². The summed E-state index contributed by atoms with van der Waals surface area (Å²) in [4.78, 5) is 23.7. The quantitative estimate of drug-likeness (QED) is 0.773. The molecule has 28 heavy (non-hydrogen) atoms. The van der Waals surface area contributed by atoms with Crippen molar-refractivity contribution in [3.8, 4) is 0 Å². The highest BCUT2D eigenvalue weighted by atomic mass is 35.5. The van der Waals surface area contributed by atoms with Crippen molar-refractivity contribution in [1.82, 2.24) is 4.31 Å². The molecular weight excluding hydrogens is 402 g/mol. The molecule has 9 heteroatoms. The van der Waals surface area contributed by atoms with E-state index in [9.17, 15) is 18.0 Å². The average molecular weight is 422 g/mol. The van der Waals surface area contributed by atoms with Crippen LogP contribution >= 0.6 is 11.6 Å². The number of nitrogens with one attached hydrogen (secondary N) is 2. The summed E-state index contributed by atoms with van der Waals surface area (Å²) in [6, 6.07) is 10.5. The molecule has 0 atom stereocenters. The molecule has 1 heterocycles. The summed E-state index contributed by atoms with van der Waals surface area (Å²) >= 11 is 6.15. The molecular formula is C19H20ClN3O4S. The third-order valence-corrected chi connectivity index (χ3v) is 6.58. The Morgan fingerprint density at radius 2 is 1.64 bits per heavy atom. The summed E-state index contributed by atoms with van der Waals surface area (Å²) < 4.78 is 26.5. The molecule has 1 aliphatic rings. The standard InChI is InChI=1S/C19H20ClN3O4S/c1-13(24)21-15-6-9-18(17(20)12-15)22-19(25)14-4-7-16(8-5-14)28(26,27)23-10-2-3-11-23/h4-9,12H,2-3,10-11H2,1H3,(H,21,24)(H,22,25). The van der Waals surface area contributed by atoms with Crippen LogP contribution in [0.25, 0.3) is 0 Å². The molecule has 2 N–H and O–H groups in total. The number of benzene rings is 2. The van der Waals surface area contributed by atoms with Crippen molar-refractivity contribution >= 4 is 44.8 Å². The maximum absolute atomic E-state index is 12.5. The van der Waals surface area contributed by atoms with Gasteiger partial charge in [-0.15, -0.1) is 0 Å². The predicted octanol–water partition coefficient (Wildman–Crippen LogP) is 3.34. The van der Waals surface area contributed by atoms with E-state index >= 15 is 0 Å². The van der Waals surface area contributed by atoms with Crippen LogP contribution < -0.4 is 10.6 Å². The fourth-order valence-corrected chi connectivity index (χ4v) is 4.69. The van der Waals surface area contributed by atoms with Crippen LogP contribution in [-0.4, -0.2) is 37.6 Å². The summed E-state index contributed by atoms with van der Waals surface area (Å²) in [6.45, 7) is 2.44. The second-order valence-electron chi connectivity index (χ2n) is 6.47. The minimum absolute atomic E-state index is 0.170. The van der Waals surface area contributed by atoms with Crippen molar-refractivity contribution in [2.45, 2.75) is 24.7 Å². The van der Waals surface area contributed by atoms with E-state index in [-0.39, 0.29) is 15.8 Å². The summed E-state index contributed by atoms with van der Waals surface area (Å²) in [5.74, 6) is -0.642. The first-order chi connectivity index (χ1) is 13.3. The molecule has 0 aliphatic carbocycles. The Morgan fingerprint density at radius 3 is 2.21 bits per heavy atom. The van der Waals surface area contributed by atoms with Crippen molar-refractivity contribution < 1.29 is 18.0 Å². The van der Waals surface area contributed by atoms with E-state index in [1.807, 2.05) is 0 Å². The Bertz CT molecular complexity index is 1000. The van der Waals surface area contributed by atoms with Crippen molar-refractivity contribution in [3.63, 3.8) is 0 Å². The van der Waals surface area contributed by atoms with Crippen LogP contribution in [0.5, 0.6) is 0 Å². The number of nitrogens with zero attached hydrogens (tertiary/aromatic N) is 1. The predicted molar refractivity (Wildman–Crippen MR) is 108 cm³/mol. The van der Waals surface area contributed by atoms with E-state index in [1.54, 1.807) is 12.1 Å². The third kappa shape index (κ3) is 4.52. The first kappa shape index (κ1) is 20.3. The maximum Gasteiger partial charge on any atom is 0.255 e. The molecule has 0 bridgehead atoms. The zero-order chi connectivity index (χ0) is 20.3. The molecule has 1 aliphatic heterocycles. The molecule has 0 unspecified atom stereocenters. The first-order valence-electron chi connectivity index (χ1n) is 8.76. The second-order valence-corrected chi connectivity index (χ2v) is 8.81. The molecule has 0 aromatic heterocycles. The van der Waals surface area contributed by atoms with Crippen LogP contribution in [0.3, 0.4) is 0 Å². The number of sulfonamides is 1. The van der Waals surface area contributed by atoms with Gasteiger partial charge in [0.1, 0.15) is 0 Å². The molecule has 0 radical (unpaired) electrons. The molecule has 148 valence electrons. The van der Waals surface area contributed by atoms with Gasteiger partial charge in [-0.2, -0.15) is 4.31 Å². The van der Waals surface area contributed by atoms with Gasteiger partial charge < -0.3 is 10.6 Å². The average Bonchev–Trinajstić information content (AvgIpc) is 3.19. The van der Waals surface area contributed by atoms with Crippen LogP contribution in [-0.2, 0) is 14.8 Å². The zero-order valence-corrected chi connectivity index (χ0v) is 16.8. The smallest absolute Gasteiger partial charge is 0.255 e. The monoisotopic (exact) mass is 421 g/mol. The van der Waals surface area contributed by atoms with Gasteiger partial charge in [-0.1, -0.05) is 11.6 Å². The van der Waals surface area contributed by atoms with Gasteiger partial charge in [-0.05, 0) is 55.3 Å². The highest BCUT2D eigenvalue weighted by molar-refractivity contribution is 7.89. The SMILES string of the molecule is CC(=O)Nc1ccc(NC(=O)c2ccc(S(=O)(=O)N3CCCC3)cc2)c(Cl)c1. The van der Waals surface area contributed by atoms with Crippen molar-refractivity contribution in [1.29, 1.82) is 0 Å². The van der Waals surface area contributed by atoms with Crippen LogP contribution in [0.2, 0.25) is 5.02 Å². The van der Waals surface area contributed by atoms with Crippen LogP contribution in [0, 0.1) is 0 Å². The lowest BCUT2D eigenvalue weighted by Gasteiger charge is -2.15. The second kappa shape index (κ2) is 8.30. The lowest BCUT2D eigenvalue weighted by Crippen LogP contribution is -2.27. The van der Waals surface area contributed by atoms with E-state index in [2.05, 4.69) is 10.6 Å². The van der Waals surface area contributed by atoms with E-state index in [4.69, 9.17) is 11.6 Å². The van der Waals surface area contributed by atoms with Crippen LogP contribution in [0.1, 0.15) is 30.1 Å². The van der Waals surface area contributed by atoms with Gasteiger partial charge in [-0.3, -0.25) is 9.59 Å². The van der Waals surface area contributed by atoms with Gasteiger partial charge >= 0.3 is 0 Å². The summed E-state index contributed by atoms with van der Waals surface area (Å²) in [7, 11) is -3.52. The van der Waals surface area contributed by atoms with Crippen molar-refractivity contribution in [2.24, 2.45) is 0 Å². The molecule has 2 aromatic carbocycles. The number of rotatable bonds is 5. The lowest BCUT2D eigenvalue weighted by molar-refractivity contribution is -0.114. The Labute approximate surface area is 168 Å². The van der Waals surface area contributed by atoms with Gasteiger partial charge in [0.2, 0.25) is 15.9 Å². The maximum atomic E-state index is 12.5. The molecule has 7 nitrogen and oxygen atoms in total. The van der Waals surface area contributed by atoms with Crippen LogP contribution in [0.4, 0.5) is 11.4 Å². The number of hydrogen-bond donors (Lipinski definition) is 2. The fourth-order valence-electron chi connectivity index (χ4n) is 2.95. The van der Waals surface area contributed by atoms with Gasteiger partial charge in [0.15, 0.2) is 0 Å². The molecule has 0 spiro atoms.